The molecule has 0 saturated heterocycles. The van der Waals surface area contributed by atoms with Crippen molar-refractivity contribution in [3.63, 3.8) is 0 Å². The molecule has 1 aromatic carbocycles. The molecule has 0 fully saturated rings. The molecule has 0 spiro atoms. The highest BCUT2D eigenvalue weighted by atomic mass is 16.5. The van der Waals surface area contributed by atoms with Gasteiger partial charge < -0.3 is 4.74 Å². The Morgan fingerprint density at radius 1 is 1.17 bits per heavy atom. The van der Waals surface area contributed by atoms with Crippen molar-refractivity contribution in [1.29, 1.82) is 0 Å². The van der Waals surface area contributed by atoms with Gasteiger partial charge in [-0.3, -0.25) is 9.55 Å². The number of ether oxygens (including phenoxy) is 1. The first-order valence-corrected chi connectivity index (χ1v) is 9.95. The summed E-state index contributed by atoms with van der Waals surface area (Å²) >= 11 is 0. The van der Waals surface area contributed by atoms with E-state index >= 15 is 0 Å². The number of benzene rings is 1. The molecule has 0 unspecified atom stereocenters. The van der Waals surface area contributed by atoms with Crippen molar-refractivity contribution in [2.75, 3.05) is 6.61 Å². The maximum absolute atomic E-state index is 12.6. The smallest absolute Gasteiger partial charge is 0.358 e. The van der Waals surface area contributed by atoms with Crippen LogP contribution >= 0.6 is 0 Å². The molecular weight excluding hydrogens is 378 g/mol. The molecule has 0 saturated carbocycles. The van der Waals surface area contributed by atoms with Gasteiger partial charge >= 0.3 is 5.97 Å². The van der Waals surface area contributed by atoms with Gasteiger partial charge in [-0.1, -0.05) is 12.1 Å². The zero-order valence-electron chi connectivity index (χ0n) is 16.9. The van der Waals surface area contributed by atoms with E-state index in [2.05, 4.69) is 35.1 Å². The van der Waals surface area contributed by atoms with E-state index in [9.17, 15) is 4.79 Å². The van der Waals surface area contributed by atoms with Crippen LogP contribution < -0.4 is 0 Å². The van der Waals surface area contributed by atoms with Gasteiger partial charge in [0.15, 0.2) is 5.69 Å². The highest BCUT2D eigenvalue weighted by Gasteiger charge is 2.28. The SMILES string of the molecule is CCOC(=O)c1ncn2c1Cc1c(Cc3cccnc3)cnn1-c1cc(C)ccc1-2. The lowest BCUT2D eigenvalue weighted by molar-refractivity contribution is 0.0519. The Morgan fingerprint density at radius 2 is 2.07 bits per heavy atom. The number of rotatable bonds is 4. The van der Waals surface area contributed by atoms with E-state index in [1.807, 2.05) is 33.8 Å². The number of aromatic nitrogens is 5. The van der Waals surface area contributed by atoms with Crippen LogP contribution in [-0.2, 0) is 17.6 Å². The molecule has 1 aliphatic heterocycles. The Hall–Kier alpha value is -3.74. The lowest BCUT2D eigenvalue weighted by Crippen LogP contribution is -2.11. The quantitative estimate of drug-likeness (QED) is 0.433. The molecule has 0 radical (unpaired) electrons. The Bertz CT molecular complexity index is 1240. The third-order valence-corrected chi connectivity index (χ3v) is 5.36. The number of hydrogen-bond acceptors (Lipinski definition) is 5. The normalized spacial score (nSPS) is 11.9. The largest absolute Gasteiger partial charge is 0.461 e. The summed E-state index contributed by atoms with van der Waals surface area (Å²) < 4.78 is 9.21. The summed E-state index contributed by atoms with van der Waals surface area (Å²) in [7, 11) is 0. The molecule has 150 valence electrons. The lowest BCUT2D eigenvalue weighted by atomic mass is 10.0. The molecule has 5 rings (SSSR count). The average molecular weight is 399 g/mol. The number of fused-ring (bicyclic) bond motifs is 5. The fourth-order valence-electron chi connectivity index (χ4n) is 3.96. The van der Waals surface area contributed by atoms with Gasteiger partial charge in [0.1, 0.15) is 6.33 Å². The Morgan fingerprint density at radius 3 is 2.87 bits per heavy atom. The lowest BCUT2D eigenvalue weighted by Gasteiger charge is -2.11. The predicted octanol–water partition coefficient (Wildman–Crippen LogP) is 3.43. The molecule has 3 aromatic heterocycles. The molecule has 0 N–H and O–H groups in total. The van der Waals surface area contributed by atoms with E-state index in [-0.39, 0.29) is 0 Å². The van der Waals surface area contributed by atoms with E-state index in [1.54, 1.807) is 19.4 Å². The van der Waals surface area contributed by atoms with E-state index < -0.39 is 5.97 Å². The first-order chi connectivity index (χ1) is 14.7. The second-order valence-electron chi connectivity index (χ2n) is 7.37. The van der Waals surface area contributed by atoms with Crippen molar-refractivity contribution in [2.45, 2.75) is 26.7 Å². The predicted molar refractivity (Wildman–Crippen MR) is 111 cm³/mol. The number of nitrogens with zero attached hydrogens (tertiary/aromatic N) is 5. The standard InChI is InChI=1S/C23H21N5O2/c1-3-30-23(29)22-21-11-19-17(10-16-5-4-8-24-12-16)13-26-28(19)20-9-15(2)6-7-18(20)27(21)14-25-22/h4-9,12-14H,3,10-11H2,1-2H3. The number of esters is 1. The number of carbonyl (C=O) groups excluding carboxylic acids is 1. The fraction of sp³-hybridized carbons (Fsp3) is 0.217. The minimum absolute atomic E-state index is 0.311. The third-order valence-electron chi connectivity index (χ3n) is 5.36. The summed E-state index contributed by atoms with van der Waals surface area (Å²) in [5, 5.41) is 4.72. The average Bonchev–Trinajstić information content (AvgIpc) is 3.31. The number of pyridine rings is 1. The minimum Gasteiger partial charge on any atom is -0.461 e. The summed E-state index contributed by atoms with van der Waals surface area (Å²) in [5.74, 6) is -0.401. The van der Waals surface area contributed by atoms with Crippen LogP contribution in [0.2, 0.25) is 0 Å². The van der Waals surface area contributed by atoms with Crippen LogP contribution in [0.3, 0.4) is 0 Å². The third kappa shape index (κ3) is 2.99. The fourth-order valence-corrected chi connectivity index (χ4v) is 3.96. The van der Waals surface area contributed by atoms with Crippen LogP contribution in [0.1, 0.15) is 45.5 Å². The van der Waals surface area contributed by atoms with Crippen LogP contribution in [0.15, 0.2) is 55.2 Å². The van der Waals surface area contributed by atoms with Gasteiger partial charge in [-0.25, -0.2) is 14.5 Å². The summed E-state index contributed by atoms with van der Waals surface area (Å²) in [6, 6.07) is 10.2. The first-order valence-electron chi connectivity index (χ1n) is 9.95. The first kappa shape index (κ1) is 18.3. The summed E-state index contributed by atoms with van der Waals surface area (Å²) in [6.45, 7) is 4.17. The van der Waals surface area contributed by atoms with Crippen LogP contribution in [0.25, 0.3) is 11.4 Å². The van der Waals surface area contributed by atoms with Gasteiger partial charge in [0, 0.05) is 25.2 Å². The molecule has 7 nitrogen and oxygen atoms in total. The Balaban J connectivity index is 1.69. The van der Waals surface area contributed by atoms with Crippen LogP contribution in [0.4, 0.5) is 0 Å². The van der Waals surface area contributed by atoms with Crippen LogP contribution in [-0.4, -0.2) is 36.9 Å². The number of aryl methyl sites for hydroxylation is 1. The summed E-state index contributed by atoms with van der Waals surface area (Å²) in [5.41, 5.74) is 7.45. The number of imidazole rings is 1. The second-order valence-corrected chi connectivity index (χ2v) is 7.37. The van der Waals surface area contributed by atoms with E-state index in [0.29, 0.717) is 25.1 Å². The minimum atomic E-state index is -0.401. The Kier molecular flexibility index (Phi) is 4.43. The van der Waals surface area contributed by atoms with Crippen LogP contribution in [0.5, 0.6) is 0 Å². The van der Waals surface area contributed by atoms with Crippen molar-refractivity contribution in [1.82, 2.24) is 24.3 Å². The van der Waals surface area contributed by atoms with E-state index in [0.717, 1.165) is 39.5 Å². The van der Waals surface area contributed by atoms with Gasteiger partial charge in [0.05, 0.1) is 35.6 Å². The van der Waals surface area contributed by atoms with Crippen molar-refractivity contribution in [2.24, 2.45) is 0 Å². The molecule has 30 heavy (non-hydrogen) atoms. The van der Waals surface area contributed by atoms with Gasteiger partial charge in [0.25, 0.3) is 0 Å². The molecule has 1 aliphatic rings. The number of hydrogen-bond donors (Lipinski definition) is 0. The molecule has 4 aromatic rings. The van der Waals surface area contributed by atoms with Gasteiger partial charge in [-0.05, 0) is 48.7 Å². The highest BCUT2D eigenvalue weighted by molar-refractivity contribution is 5.89. The summed E-state index contributed by atoms with van der Waals surface area (Å²) in [6.07, 6.45) is 8.48. The monoisotopic (exact) mass is 399 g/mol. The molecule has 0 bridgehead atoms. The van der Waals surface area contributed by atoms with Crippen molar-refractivity contribution in [3.8, 4) is 11.4 Å². The van der Waals surface area contributed by atoms with Crippen molar-refractivity contribution >= 4 is 5.97 Å². The topological polar surface area (TPSA) is 74.8 Å². The van der Waals surface area contributed by atoms with Crippen LogP contribution in [0, 0.1) is 6.92 Å². The van der Waals surface area contributed by atoms with Gasteiger partial charge in [0.2, 0.25) is 0 Å². The van der Waals surface area contributed by atoms with Crippen molar-refractivity contribution in [3.05, 3.63) is 89.0 Å². The van der Waals surface area contributed by atoms with Gasteiger partial charge in [-0.15, -0.1) is 0 Å². The molecular formula is C23H21N5O2. The number of carbonyl (C=O) groups is 1. The maximum Gasteiger partial charge on any atom is 0.358 e. The molecule has 0 amide bonds. The van der Waals surface area contributed by atoms with E-state index in [1.165, 1.54) is 0 Å². The maximum atomic E-state index is 12.6. The molecule has 4 heterocycles. The summed E-state index contributed by atoms with van der Waals surface area (Å²) in [4.78, 5) is 21.2. The highest BCUT2D eigenvalue weighted by Crippen LogP contribution is 2.32. The molecule has 0 aliphatic carbocycles. The zero-order valence-corrected chi connectivity index (χ0v) is 16.9. The van der Waals surface area contributed by atoms with Crippen molar-refractivity contribution < 1.29 is 9.53 Å². The molecule has 0 atom stereocenters. The Labute approximate surface area is 174 Å². The second kappa shape index (κ2) is 7.26. The molecule has 7 heteroatoms. The zero-order chi connectivity index (χ0) is 20.7. The van der Waals surface area contributed by atoms with Gasteiger partial charge in [-0.2, -0.15) is 5.10 Å². The van der Waals surface area contributed by atoms with E-state index in [4.69, 9.17) is 9.84 Å².